The molecule has 0 unspecified atom stereocenters. The molecule has 1 aromatic rings. The maximum atomic E-state index is 11.2. The Labute approximate surface area is 110 Å². The summed E-state index contributed by atoms with van der Waals surface area (Å²) in [5.41, 5.74) is 1.36. The van der Waals surface area contributed by atoms with Crippen LogP contribution in [0.3, 0.4) is 0 Å². The van der Waals surface area contributed by atoms with Gasteiger partial charge in [0.05, 0.1) is 4.92 Å². The van der Waals surface area contributed by atoms with E-state index in [4.69, 9.17) is 0 Å². The molecule has 102 valence electrons. The average molecular weight is 264 g/mol. The number of hydrogen-bond acceptors (Lipinski definition) is 4. The topological polar surface area (TPSA) is 83.7 Å². The van der Waals surface area contributed by atoms with E-state index >= 15 is 0 Å². The Balaban J connectivity index is 2.32. The van der Waals surface area contributed by atoms with E-state index in [0.717, 1.165) is 18.5 Å². The zero-order valence-corrected chi connectivity index (χ0v) is 10.7. The number of nitro benzene ring substituents is 1. The Kier molecular flexibility index (Phi) is 3.69. The molecule has 0 saturated carbocycles. The van der Waals surface area contributed by atoms with Crippen LogP contribution in [-0.4, -0.2) is 28.6 Å². The second-order valence-corrected chi connectivity index (χ2v) is 4.77. The van der Waals surface area contributed by atoms with Crippen molar-refractivity contribution in [2.24, 2.45) is 0 Å². The standard InChI is InChI=1S/C13H16N2O4/c1-9-8-10(5-6-11(9)15(18)19)14-7-3-2-4-12(14)13(16)17/h5-6,8,12H,2-4,7H2,1H3,(H,16,17)/t12-/m1/s1. The Bertz CT molecular complexity index is 515. The molecule has 6 heteroatoms. The number of nitro groups is 1. The van der Waals surface area contributed by atoms with Crippen LogP contribution in [0.5, 0.6) is 0 Å². The number of nitrogens with zero attached hydrogens (tertiary/aromatic N) is 2. The first kappa shape index (κ1) is 13.3. The SMILES string of the molecule is Cc1cc(N2CCCC[C@@H]2C(=O)O)ccc1[N+](=O)[O-]. The molecular formula is C13H16N2O4. The maximum Gasteiger partial charge on any atom is 0.326 e. The Morgan fingerprint density at radius 3 is 2.79 bits per heavy atom. The number of carboxylic acid groups (broad SMARTS) is 1. The molecule has 1 N–H and O–H groups in total. The van der Waals surface area contributed by atoms with E-state index < -0.39 is 16.9 Å². The van der Waals surface area contributed by atoms with E-state index in [9.17, 15) is 20.0 Å². The van der Waals surface area contributed by atoms with Gasteiger partial charge >= 0.3 is 5.97 Å². The molecule has 19 heavy (non-hydrogen) atoms. The fourth-order valence-electron chi connectivity index (χ4n) is 2.52. The summed E-state index contributed by atoms with van der Waals surface area (Å²) in [5.74, 6) is -0.837. The van der Waals surface area contributed by atoms with E-state index in [1.807, 2.05) is 4.90 Å². The van der Waals surface area contributed by atoms with Crippen LogP contribution < -0.4 is 4.90 Å². The summed E-state index contributed by atoms with van der Waals surface area (Å²) >= 11 is 0. The molecule has 0 amide bonds. The average Bonchev–Trinajstić information content (AvgIpc) is 2.38. The molecule has 1 aliphatic heterocycles. The third-order valence-electron chi connectivity index (χ3n) is 3.50. The number of carbonyl (C=O) groups is 1. The maximum absolute atomic E-state index is 11.2. The van der Waals surface area contributed by atoms with E-state index in [-0.39, 0.29) is 5.69 Å². The molecule has 2 rings (SSSR count). The number of aryl methyl sites for hydroxylation is 1. The van der Waals surface area contributed by atoms with Crippen molar-refractivity contribution in [3.63, 3.8) is 0 Å². The molecule has 0 spiro atoms. The molecule has 1 atom stereocenters. The molecule has 0 bridgehead atoms. The summed E-state index contributed by atoms with van der Waals surface area (Å²) in [7, 11) is 0. The second kappa shape index (κ2) is 5.26. The normalized spacial score (nSPS) is 19.2. The minimum Gasteiger partial charge on any atom is -0.480 e. The largest absolute Gasteiger partial charge is 0.480 e. The smallest absolute Gasteiger partial charge is 0.326 e. The predicted octanol–water partition coefficient (Wildman–Crippen LogP) is 2.35. The van der Waals surface area contributed by atoms with Gasteiger partial charge in [0.15, 0.2) is 0 Å². The fraction of sp³-hybridized carbons (Fsp3) is 0.462. The summed E-state index contributed by atoms with van der Waals surface area (Å²) in [6.07, 6.45) is 2.46. The first-order valence-corrected chi connectivity index (χ1v) is 6.25. The van der Waals surface area contributed by atoms with E-state index in [0.29, 0.717) is 18.5 Å². The Morgan fingerprint density at radius 2 is 2.21 bits per heavy atom. The lowest BCUT2D eigenvalue weighted by Crippen LogP contribution is -2.44. The van der Waals surface area contributed by atoms with Gasteiger partial charge in [-0.1, -0.05) is 0 Å². The van der Waals surface area contributed by atoms with Crippen molar-refractivity contribution in [3.05, 3.63) is 33.9 Å². The number of benzene rings is 1. The van der Waals surface area contributed by atoms with Gasteiger partial charge in [-0.25, -0.2) is 4.79 Å². The van der Waals surface area contributed by atoms with Gasteiger partial charge in [0.25, 0.3) is 5.69 Å². The minimum absolute atomic E-state index is 0.0626. The molecule has 6 nitrogen and oxygen atoms in total. The number of rotatable bonds is 3. The van der Waals surface area contributed by atoms with E-state index in [1.54, 1.807) is 19.1 Å². The molecule has 0 aliphatic carbocycles. The third-order valence-corrected chi connectivity index (χ3v) is 3.50. The van der Waals surface area contributed by atoms with Gasteiger partial charge in [-0.3, -0.25) is 10.1 Å². The highest BCUT2D eigenvalue weighted by Crippen LogP contribution is 2.29. The van der Waals surface area contributed by atoms with Crippen LogP contribution in [0.2, 0.25) is 0 Å². The molecule has 1 fully saturated rings. The van der Waals surface area contributed by atoms with Crippen LogP contribution >= 0.6 is 0 Å². The van der Waals surface area contributed by atoms with Gasteiger partial charge in [0.1, 0.15) is 6.04 Å². The Hall–Kier alpha value is -2.11. The molecule has 0 radical (unpaired) electrons. The lowest BCUT2D eigenvalue weighted by Gasteiger charge is -2.35. The summed E-state index contributed by atoms with van der Waals surface area (Å²) in [6.45, 7) is 2.34. The van der Waals surface area contributed by atoms with Crippen LogP contribution in [0.1, 0.15) is 24.8 Å². The van der Waals surface area contributed by atoms with Crippen LogP contribution in [0.4, 0.5) is 11.4 Å². The molecule has 1 aromatic carbocycles. The van der Waals surface area contributed by atoms with Crippen molar-refractivity contribution in [1.82, 2.24) is 0 Å². The van der Waals surface area contributed by atoms with Crippen molar-refractivity contribution >= 4 is 17.3 Å². The van der Waals surface area contributed by atoms with Crippen LogP contribution in [0, 0.1) is 17.0 Å². The van der Waals surface area contributed by atoms with Gasteiger partial charge in [-0.15, -0.1) is 0 Å². The summed E-state index contributed by atoms with van der Waals surface area (Å²) < 4.78 is 0. The molecule has 1 heterocycles. The highest BCUT2D eigenvalue weighted by molar-refractivity contribution is 5.78. The van der Waals surface area contributed by atoms with Crippen molar-refractivity contribution in [2.45, 2.75) is 32.2 Å². The predicted molar refractivity (Wildman–Crippen MR) is 70.5 cm³/mol. The highest BCUT2D eigenvalue weighted by atomic mass is 16.6. The first-order chi connectivity index (χ1) is 9.00. The van der Waals surface area contributed by atoms with Gasteiger partial charge in [0.2, 0.25) is 0 Å². The number of anilines is 1. The summed E-state index contributed by atoms with van der Waals surface area (Å²) in [5, 5.41) is 20.0. The summed E-state index contributed by atoms with van der Waals surface area (Å²) in [4.78, 5) is 23.4. The first-order valence-electron chi connectivity index (χ1n) is 6.25. The second-order valence-electron chi connectivity index (χ2n) is 4.77. The third kappa shape index (κ3) is 2.67. The van der Waals surface area contributed by atoms with Crippen LogP contribution in [0.15, 0.2) is 18.2 Å². The van der Waals surface area contributed by atoms with Crippen LogP contribution in [-0.2, 0) is 4.79 Å². The number of carboxylic acids is 1. The lowest BCUT2D eigenvalue weighted by molar-refractivity contribution is -0.385. The van der Waals surface area contributed by atoms with Gasteiger partial charge in [-0.2, -0.15) is 0 Å². The van der Waals surface area contributed by atoms with Crippen LogP contribution in [0.25, 0.3) is 0 Å². The Morgan fingerprint density at radius 1 is 1.47 bits per heavy atom. The highest BCUT2D eigenvalue weighted by Gasteiger charge is 2.29. The molecular weight excluding hydrogens is 248 g/mol. The van der Waals surface area contributed by atoms with Crippen molar-refractivity contribution in [1.29, 1.82) is 0 Å². The van der Waals surface area contributed by atoms with E-state index in [1.165, 1.54) is 6.07 Å². The van der Waals surface area contributed by atoms with Gasteiger partial charge in [0, 0.05) is 23.9 Å². The lowest BCUT2D eigenvalue weighted by atomic mass is 10.0. The number of piperidine rings is 1. The number of hydrogen-bond donors (Lipinski definition) is 1. The summed E-state index contributed by atoms with van der Waals surface area (Å²) in [6, 6.07) is 4.24. The minimum atomic E-state index is -0.837. The fourth-order valence-corrected chi connectivity index (χ4v) is 2.52. The van der Waals surface area contributed by atoms with Gasteiger partial charge in [-0.05, 0) is 38.3 Å². The molecule has 1 aliphatic rings. The zero-order valence-electron chi connectivity index (χ0n) is 10.7. The molecule has 0 aromatic heterocycles. The zero-order chi connectivity index (χ0) is 14.0. The quantitative estimate of drug-likeness (QED) is 0.669. The van der Waals surface area contributed by atoms with Crippen molar-refractivity contribution < 1.29 is 14.8 Å². The molecule has 1 saturated heterocycles. The van der Waals surface area contributed by atoms with E-state index in [2.05, 4.69) is 0 Å². The monoisotopic (exact) mass is 264 g/mol. The van der Waals surface area contributed by atoms with Crippen molar-refractivity contribution in [2.75, 3.05) is 11.4 Å². The van der Waals surface area contributed by atoms with Gasteiger partial charge < -0.3 is 10.0 Å². The number of aliphatic carboxylic acids is 1. The van der Waals surface area contributed by atoms with Crippen molar-refractivity contribution in [3.8, 4) is 0 Å².